The summed E-state index contributed by atoms with van der Waals surface area (Å²) in [7, 11) is 2.12. The Morgan fingerprint density at radius 3 is 3.06 bits per heavy atom. The minimum atomic E-state index is 0.530. The van der Waals surface area contributed by atoms with Crippen molar-refractivity contribution in [3.8, 4) is 0 Å². The number of hydrogen-bond acceptors (Lipinski definition) is 1. The molecule has 1 atom stereocenters. The molecule has 0 amide bonds. The van der Waals surface area contributed by atoms with E-state index < -0.39 is 0 Å². The number of nitrogens with one attached hydrogen (secondary N) is 1. The van der Waals surface area contributed by atoms with Crippen molar-refractivity contribution in [1.29, 1.82) is 0 Å². The van der Waals surface area contributed by atoms with E-state index in [1.807, 2.05) is 0 Å². The molecule has 2 aromatic rings. The highest BCUT2D eigenvalue weighted by Gasteiger charge is 2.21. The smallest absolute Gasteiger partial charge is 0.0492 e. The maximum Gasteiger partial charge on any atom is 0.0492 e. The molecule has 1 aliphatic rings. The molecule has 16 heavy (non-hydrogen) atoms. The molecule has 1 fully saturated rings. The van der Waals surface area contributed by atoms with Gasteiger partial charge in [0.25, 0.3) is 0 Å². The highest BCUT2D eigenvalue weighted by Crippen LogP contribution is 2.35. The summed E-state index contributed by atoms with van der Waals surface area (Å²) in [5.41, 5.74) is 2.74. The summed E-state index contributed by atoms with van der Waals surface area (Å²) in [6.45, 7) is 1.14. The zero-order valence-corrected chi connectivity index (χ0v) is 10.9. The first kappa shape index (κ1) is 10.4. The fourth-order valence-corrected chi connectivity index (χ4v) is 3.23. The molecule has 84 valence electrons. The van der Waals surface area contributed by atoms with Gasteiger partial charge in [-0.3, -0.25) is 0 Å². The summed E-state index contributed by atoms with van der Waals surface area (Å²) in [4.78, 5) is 0. The minimum Gasteiger partial charge on any atom is -0.350 e. The summed E-state index contributed by atoms with van der Waals surface area (Å²) in [6, 6.07) is 6.93. The SMILES string of the molecule is Cn1cc(C2CCCN2)c2c(Br)cccc21. The number of hydrogen-bond donors (Lipinski definition) is 1. The second-order valence-electron chi connectivity index (χ2n) is 4.48. The molecule has 3 rings (SSSR count). The van der Waals surface area contributed by atoms with Crippen LogP contribution in [0.2, 0.25) is 0 Å². The molecule has 1 aromatic heterocycles. The summed E-state index contributed by atoms with van der Waals surface area (Å²) in [5.74, 6) is 0. The molecule has 0 aliphatic carbocycles. The van der Waals surface area contributed by atoms with Gasteiger partial charge in [-0.15, -0.1) is 0 Å². The van der Waals surface area contributed by atoms with Crippen molar-refractivity contribution in [2.75, 3.05) is 6.54 Å². The first-order valence-corrected chi connectivity index (χ1v) is 6.53. The van der Waals surface area contributed by atoms with Crippen molar-refractivity contribution in [2.45, 2.75) is 18.9 Å². The molecular weight excluding hydrogens is 264 g/mol. The predicted molar refractivity (Wildman–Crippen MR) is 70.6 cm³/mol. The van der Waals surface area contributed by atoms with Crippen LogP contribution in [0.3, 0.4) is 0 Å². The summed E-state index contributed by atoms with van der Waals surface area (Å²) >= 11 is 3.67. The number of nitrogens with zero attached hydrogens (tertiary/aromatic N) is 1. The second-order valence-corrected chi connectivity index (χ2v) is 5.33. The van der Waals surface area contributed by atoms with Crippen molar-refractivity contribution >= 4 is 26.8 Å². The Bertz CT molecular complexity index is 524. The zero-order chi connectivity index (χ0) is 11.1. The second kappa shape index (κ2) is 3.90. The van der Waals surface area contributed by atoms with E-state index in [0.717, 1.165) is 6.54 Å². The summed E-state index contributed by atoms with van der Waals surface area (Å²) < 4.78 is 3.42. The van der Waals surface area contributed by atoms with Gasteiger partial charge in [0.15, 0.2) is 0 Å². The Balaban J connectivity index is 2.24. The fraction of sp³-hybridized carbons (Fsp3) is 0.385. The van der Waals surface area contributed by atoms with E-state index in [9.17, 15) is 0 Å². The minimum absolute atomic E-state index is 0.530. The van der Waals surface area contributed by atoms with E-state index in [1.54, 1.807) is 0 Å². The van der Waals surface area contributed by atoms with Crippen LogP contribution < -0.4 is 5.32 Å². The van der Waals surface area contributed by atoms with Crippen LogP contribution >= 0.6 is 15.9 Å². The molecule has 0 spiro atoms. The summed E-state index contributed by atoms with van der Waals surface area (Å²) in [5, 5.41) is 4.94. The van der Waals surface area contributed by atoms with Gasteiger partial charge in [0.2, 0.25) is 0 Å². The van der Waals surface area contributed by atoms with Crippen LogP contribution in [-0.4, -0.2) is 11.1 Å². The lowest BCUT2D eigenvalue weighted by molar-refractivity contribution is 0.650. The monoisotopic (exact) mass is 278 g/mol. The molecule has 0 radical (unpaired) electrons. The Kier molecular flexibility index (Phi) is 2.52. The van der Waals surface area contributed by atoms with Gasteiger partial charge in [-0.2, -0.15) is 0 Å². The summed E-state index contributed by atoms with van der Waals surface area (Å²) in [6.07, 6.45) is 4.80. The number of rotatable bonds is 1. The van der Waals surface area contributed by atoms with Crippen LogP contribution in [0, 0.1) is 0 Å². The molecule has 1 N–H and O–H groups in total. The van der Waals surface area contributed by atoms with Gasteiger partial charge >= 0.3 is 0 Å². The van der Waals surface area contributed by atoms with E-state index in [-0.39, 0.29) is 0 Å². The number of fused-ring (bicyclic) bond motifs is 1. The van der Waals surface area contributed by atoms with Crippen LogP contribution in [-0.2, 0) is 7.05 Å². The maximum absolute atomic E-state index is 3.67. The van der Waals surface area contributed by atoms with E-state index in [2.05, 4.69) is 57.3 Å². The number of aromatic nitrogens is 1. The maximum atomic E-state index is 3.67. The number of aryl methyl sites for hydroxylation is 1. The molecule has 1 unspecified atom stereocenters. The average Bonchev–Trinajstić information content (AvgIpc) is 2.87. The third kappa shape index (κ3) is 1.50. The Morgan fingerprint density at radius 2 is 2.31 bits per heavy atom. The van der Waals surface area contributed by atoms with Crippen LogP contribution in [0.5, 0.6) is 0 Å². The predicted octanol–water partition coefficient (Wildman–Crippen LogP) is 3.37. The van der Waals surface area contributed by atoms with E-state index >= 15 is 0 Å². The van der Waals surface area contributed by atoms with Crippen molar-refractivity contribution in [2.24, 2.45) is 7.05 Å². The zero-order valence-electron chi connectivity index (χ0n) is 9.33. The van der Waals surface area contributed by atoms with E-state index in [0.29, 0.717) is 6.04 Å². The standard InChI is InChI=1S/C13H15BrN2/c1-16-8-9(11-5-3-7-15-11)13-10(14)4-2-6-12(13)16/h2,4,6,8,11,15H,3,5,7H2,1H3. The quantitative estimate of drug-likeness (QED) is 0.847. The van der Waals surface area contributed by atoms with Crippen molar-refractivity contribution < 1.29 is 0 Å². The first-order chi connectivity index (χ1) is 7.77. The average molecular weight is 279 g/mol. The molecule has 2 heterocycles. The molecule has 0 bridgehead atoms. The third-order valence-electron chi connectivity index (χ3n) is 3.43. The molecule has 1 aromatic carbocycles. The fourth-order valence-electron chi connectivity index (χ4n) is 2.65. The van der Waals surface area contributed by atoms with Gasteiger partial charge in [0.05, 0.1) is 0 Å². The topological polar surface area (TPSA) is 17.0 Å². The molecule has 3 heteroatoms. The van der Waals surface area contributed by atoms with Crippen LogP contribution in [0.15, 0.2) is 28.9 Å². The van der Waals surface area contributed by atoms with Crippen molar-refractivity contribution in [1.82, 2.24) is 9.88 Å². The number of halogens is 1. The lowest BCUT2D eigenvalue weighted by atomic mass is 10.0. The molecule has 2 nitrogen and oxygen atoms in total. The normalized spacial score (nSPS) is 20.8. The first-order valence-electron chi connectivity index (χ1n) is 5.74. The van der Waals surface area contributed by atoms with Gasteiger partial charge < -0.3 is 9.88 Å². The van der Waals surface area contributed by atoms with Gasteiger partial charge in [-0.05, 0) is 37.1 Å². The molecular formula is C13H15BrN2. The lowest BCUT2D eigenvalue weighted by Gasteiger charge is -2.09. The van der Waals surface area contributed by atoms with Gasteiger partial charge in [0, 0.05) is 34.7 Å². The highest BCUT2D eigenvalue weighted by atomic mass is 79.9. The Labute approximate surface area is 104 Å². The van der Waals surface area contributed by atoms with Gasteiger partial charge in [0.1, 0.15) is 0 Å². The number of benzene rings is 1. The lowest BCUT2D eigenvalue weighted by Crippen LogP contribution is -2.12. The van der Waals surface area contributed by atoms with Gasteiger partial charge in [-0.25, -0.2) is 0 Å². The third-order valence-corrected chi connectivity index (χ3v) is 4.09. The Morgan fingerprint density at radius 1 is 1.44 bits per heavy atom. The highest BCUT2D eigenvalue weighted by molar-refractivity contribution is 9.10. The van der Waals surface area contributed by atoms with Crippen molar-refractivity contribution in [3.05, 3.63) is 34.4 Å². The van der Waals surface area contributed by atoms with E-state index in [1.165, 1.54) is 33.8 Å². The van der Waals surface area contributed by atoms with E-state index in [4.69, 9.17) is 0 Å². The molecule has 0 saturated carbocycles. The van der Waals surface area contributed by atoms with Crippen LogP contribution in [0.4, 0.5) is 0 Å². The Hall–Kier alpha value is -0.800. The largest absolute Gasteiger partial charge is 0.350 e. The van der Waals surface area contributed by atoms with Crippen LogP contribution in [0.25, 0.3) is 10.9 Å². The van der Waals surface area contributed by atoms with Gasteiger partial charge in [-0.1, -0.05) is 22.0 Å². The molecule has 1 aliphatic heterocycles. The molecule has 1 saturated heterocycles. The van der Waals surface area contributed by atoms with Crippen molar-refractivity contribution in [3.63, 3.8) is 0 Å². The van der Waals surface area contributed by atoms with Crippen LogP contribution in [0.1, 0.15) is 24.4 Å².